The number of likely N-dealkylation sites (N-methyl/N-ethyl adjacent to an activating group) is 1. The number of carbonyl (C=O) groups is 2. The van der Waals surface area contributed by atoms with E-state index in [1.165, 1.54) is 23.4 Å². The van der Waals surface area contributed by atoms with Crippen molar-refractivity contribution in [3.05, 3.63) is 53.1 Å². The lowest BCUT2D eigenvalue weighted by atomic mass is 10.2. The molecular formula is C22H26ClN3O5S. The first-order valence-electron chi connectivity index (χ1n) is 10.1. The Kier molecular flexibility index (Phi) is 7.43. The maximum Gasteiger partial charge on any atom is 0.244 e. The number of carbonyl (C=O) groups excluding carboxylic acids is 2. The molecule has 1 aliphatic rings. The lowest BCUT2D eigenvalue weighted by Crippen LogP contribution is -2.48. The fraction of sp³-hybridized carbons (Fsp3) is 0.364. The Bertz CT molecular complexity index is 1110. The number of amides is 2. The molecule has 2 aromatic carbocycles. The van der Waals surface area contributed by atoms with Crippen LogP contribution in [-0.4, -0.2) is 62.7 Å². The number of hydrogen-bond donors (Lipinski definition) is 1. The molecule has 0 unspecified atom stereocenters. The lowest BCUT2D eigenvalue weighted by molar-refractivity contribution is -0.136. The van der Waals surface area contributed by atoms with E-state index >= 15 is 0 Å². The van der Waals surface area contributed by atoms with Gasteiger partial charge in [-0.25, -0.2) is 8.42 Å². The largest absolute Gasteiger partial charge is 0.495 e. The minimum atomic E-state index is -3.82. The van der Waals surface area contributed by atoms with Gasteiger partial charge in [-0.05, 0) is 50.1 Å². The molecule has 1 heterocycles. The van der Waals surface area contributed by atoms with Gasteiger partial charge < -0.3 is 15.0 Å². The van der Waals surface area contributed by atoms with Gasteiger partial charge in [0.1, 0.15) is 11.8 Å². The van der Waals surface area contributed by atoms with Gasteiger partial charge in [0.05, 0.1) is 24.2 Å². The number of nitrogens with zero attached hydrogens (tertiary/aromatic N) is 2. The van der Waals surface area contributed by atoms with Gasteiger partial charge in [0.15, 0.2) is 0 Å². The van der Waals surface area contributed by atoms with Gasteiger partial charge in [0.25, 0.3) is 0 Å². The predicted octanol–water partition coefficient (Wildman–Crippen LogP) is 2.91. The maximum atomic E-state index is 13.1. The summed E-state index contributed by atoms with van der Waals surface area (Å²) in [6.45, 7) is 1.88. The van der Waals surface area contributed by atoms with E-state index in [-0.39, 0.29) is 18.0 Å². The Morgan fingerprint density at radius 1 is 1.22 bits per heavy atom. The van der Waals surface area contributed by atoms with Crippen LogP contribution in [-0.2, 0) is 19.6 Å². The van der Waals surface area contributed by atoms with E-state index < -0.39 is 27.9 Å². The molecule has 32 heavy (non-hydrogen) atoms. The van der Waals surface area contributed by atoms with Crippen LogP contribution in [0.5, 0.6) is 5.75 Å². The fourth-order valence-corrected chi connectivity index (χ4v) is 5.46. The second kappa shape index (κ2) is 9.89. The van der Waals surface area contributed by atoms with Crippen LogP contribution in [0.1, 0.15) is 18.4 Å². The van der Waals surface area contributed by atoms with Crippen molar-refractivity contribution in [2.75, 3.05) is 32.6 Å². The summed E-state index contributed by atoms with van der Waals surface area (Å²) < 4.78 is 32.6. The van der Waals surface area contributed by atoms with Crippen molar-refractivity contribution in [2.45, 2.75) is 30.7 Å². The number of anilines is 1. The van der Waals surface area contributed by atoms with E-state index in [0.717, 1.165) is 5.56 Å². The third kappa shape index (κ3) is 5.23. The van der Waals surface area contributed by atoms with Crippen LogP contribution >= 0.6 is 11.6 Å². The van der Waals surface area contributed by atoms with Gasteiger partial charge in [-0.2, -0.15) is 4.31 Å². The van der Waals surface area contributed by atoms with E-state index in [1.807, 2.05) is 6.92 Å². The highest BCUT2D eigenvalue weighted by atomic mass is 35.5. The van der Waals surface area contributed by atoms with Gasteiger partial charge in [-0.3, -0.25) is 9.59 Å². The van der Waals surface area contributed by atoms with Crippen molar-refractivity contribution in [1.29, 1.82) is 0 Å². The molecule has 0 spiro atoms. The summed E-state index contributed by atoms with van der Waals surface area (Å²) in [5.74, 6) is -0.443. The number of sulfonamides is 1. The summed E-state index contributed by atoms with van der Waals surface area (Å²) >= 11 is 5.98. The van der Waals surface area contributed by atoms with E-state index in [9.17, 15) is 18.0 Å². The highest BCUT2D eigenvalue weighted by molar-refractivity contribution is 7.89. The number of nitrogens with one attached hydrogen (secondary N) is 1. The van der Waals surface area contributed by atoms with Gasteiger partial charge in [-0.1, -0.05) is 29.3 Å². The molecule has 0 aliphatic carbocycles. The van der Waals surface area contributed by atoms with Crippen molar-refractivity contribution >= 4 is 39.1 Å². The van der Waals surface area contributed by atoms with Crippen LogP contribution < -0.4 is 10.1 Å². The average molecular weight is 480 g/mol. The van der Waals surface area contributed by atoms with E-state index in [4.69, 9.17) is 16.3 Å². The second-order valence-corrected chi connectivity index (χ2v) is 10.0. The summed E-state index contributed by atoms with van der Waals surface area (Å²) in [7, 11) is -0.872. The summed E-state index contributed by atoms with van der Waals surface area (Å²) in [6, 6.07) is 10.5. The zero-order chi connectivity index (χ0) is 23.5. The van der Waals surface area contributed by atoms with Crippen molar-refractivity contribution in [2.24, 2.45) is 0 Å². The van der Waals surface area contributed by atoms with E-state index in [1.54, 1.807) is 42.5 Å². The quantitative estimate of drug-likeness (QED) is 0.658. The van der Waals surface area contributed by atoms with E-state index in [2.05, 4.69) is 5.32 Å². The van der Waals surface area contributed by atoms with Gasteiger partial charge in [-0.15, -0.1) is 0 Å². The molecule has 172 valence electrons. The molecule has 0 aromatic heterocycles. The molecule has 1 saturated heterocycles. The Labute approximate surface area is 193 Å². The Hall–Kier alpha value is -2.62. The summed E-state index contributed by atoms with van der Waals surface area (Å²) in [4.78, 5) is 27.0. The Balaban J connectivity index is 1.70. The fourth-order valence-electron chi connectivity index (χ4n) is 3.64. The third-order valence-electron chi connectivity index (χ3n) is 5.31. The maximum absolute atomic E-state index is 13.1. The number of aryl methyl sites for hydroxylation is 1. The normalized spacial score (nSPS) is 16.6. The van der Waals surface area contributed by atoms with Crippen LogP contribution in [0.15, 0.2) is 47.4 Å². The molecule has 1 N–H and O–H groups in total. The summed E-state index contributed by atoms with van der Waals surface area (Å²) in [6.07, 6.45) is 0.971. The van der Waals surface area contributed by atoms with Crippen LogP contribution in [0.2, 0.25) is 5.02 Å². The second-order valence-electron chi connectivity index (χ2n) is 7.67. The molecule has 8 nitrogen and oxygen atoms in total. The number of hydrogen-bond acceptors (Lipinski definition) is 5. The number of rotatable bonds is 7. The molecule has 2 aromatic rings. The molecule has 0 saturated carbocycles. The van der Waals surface area contributed by atoms with Crippen molar-refractivity contribution in [1.82, 2.24) is 9.21 Å². The standard InChI is InChI=1S/C22H26ClN3O5S/c1-15-6-9-17(10-7-15)32(29,30)26-12-4-5-19(26)22(28)25(2)14-21(27)24-18-13-16(23)8-11-20(18)31-3/h6-11,13,19H,4-5,12,14H2,1-3H3,(H,24,27)/t19-/m0/s1. The first-order chi connectivity index (χ1) is 15.1. The average Bonchev–Trinajstić information content (AvgIpc) is 3.24. The number of halogens is 1. The first-order valence-corrected chi connectivity index (χ1v) is 11.9. The predicted molar refractivity (Wildman–Crippen MR) is 122 cm³/mol. The molecule has 0 radical (unpaired) electrons. The first kappa shape index (κ1) is 24.0. The summed E-state index contributed by atoms with van der Waals surface area (Å²) in [5.41, 5.74) is 1.33. The zero-order valence-corrected chi connectivity index (χ0v) is 19.7. The molecule has 2 amide bonds. The van der Waals surface area contributed by atoms with Crippen LogP contribution in [0.4, 0.5) is 5.69 Å². The van der Waals surface area contributed by atoms with Gasteiger partial charge in [0.2, 0.25) is 21.8 Å². The zero-order valence-electron chi connectivity index (χ0n) is 18.2. The highest BCUT2D eigenvalue weighted by Crippen LogP contribution is 2.29. The van der Waals surface area contributed by atoms with Crippen molar-refractivity contribution in [3.63, 3.8) is 0 Å². The van der Waals surface area contributed by atoms with Gasteiger partial charge >= 0.3 is 0 Å². The van der Waals surface area contributed by atoms with Crippen molar-refractivity contribution < 1.29 is 22.7 Å². The Morgan fingerprint density at radius 2 is 1.91 bits per heavy atom. The molecule has 0 bridgehead atoms. The number of methoxy groups -OCH3 is 1. The number of ether oxygens (including phenoxy) is 1. The molecule has 10 heteroatoms. The molecular weight excluding hydrogens is 454 g/mol. The summed E-state index contributed by atoms with van der Waals surface area (Å²) in [5, 5.41) is 3.10. The van der Waals surface area contributed by atoms with Crippen LogP contribution in [0, 0.1) is 6.92 Å². The van der Waals surface area contributed by atoms with Crippen molar-refractivity contribution in [3.8, 4) is 5.75 Å². The van der Waals surface area contributed by atoms with Crippen LogP contribution in [0.3, 0.4) is 0 Å². The topological polar surface area (TPSA) is 96.0 Å². The van der Waals surface area contributed by atoms with Crippen LogP contribution in [0.25, 0.3) is 0 Å². The molecule has 3 rings (SSSR count). The van der Waals surface area contributed by atoms with E-state index in [0.29, 0.717) is 29.3 Å². The molecule has 1 fully saturated rings. The monoisotopic (exact) mass is 479 g/mol. The SMILES string of the molecule is COc1ccc(Cl)cc1NC(=O)CN(C)C(=O)[C@@H]1CCCN1S(=O)(=O)c1ccc(C)cc1. The highest BCUT2D eigenvalue weighted by Gasteiger charge is 2.40. The smallest absolute Gasteiger partial charge is 0.244 e. The molecule has 1 atom stereocenters. The minimum Gasteiger partial charge on any atom is -0.495 e. The van der Waals surface area contributed by atoms with Gasteiger partial charge in [0, 0.05) is 18.6 Å². The Morgan fingerprint density at radius 3 is 2.56 bits per heavy atom. The lowest BCUT2D eigenvalue weighted by Gasteiger charge is -2.27. The minimum absolute atomic E-state index is 0.149. The number of benzene rings is 2. The third-order valence-corrected chi connectivity index (χ3v) is 7.47. The molecule has 1 aliphatic heterocycles.